The molecule has 0 unspecified atom stereocenters. The van der Waals surface area contributed by atoms with Crippen molar-refractivity contribution >= 4 is 11.8 Å². The van der Waals surface area contributed by atoms with Gasteiger partial charge in [-0.15, -0.1) is 0 Å². The van der Waals surface area contributed by atoms with Gasteiger partial charge in [-0.1, -0.05) is 0 Å². The number of hydrogen-bond donors (Lipinski definition) is 0. The molecule has 0 radical (unpaired) electrons. The first kappa shape index (κ1) is 17.0. The van der Waals surface area contributed by atoms with E-state index in [0.717, 1.165) is 12.8 Å². The van der Waals surface area contributed by atoms with Crippen molar-refractivity contribution < 1.29 is 9.59 Å². The van der Waals surface area contributed by atoms with Crippen LogP contribution in [-0.4, -0.2) is 81.9 Å². The highest BCUT2D eigenvalue weighted by Crippen LogP contribution is 2.33. The standard InChI is InChI=1S/C17H27N5O2/c1-12-10-21(17(24)15-9-18-11-20(15)4)5-6-22(12)16(23)13-7-14(8-13)19(2)3/h9,11-14H,5-8,10H2,1-4H3/t12-,13?,14?/m1/s1. The molecule has 0 aromatic carbocycles. The van der Waals surface area contributed by atoms with E-state index in [1.807, 2.05) is 23.8 Å². The van der Waals surface area contributed by atoms with E-state index in [9.17, 15) is 9.59 Å². The fourth-order valence-electron chi connectivity index (χ4n) is 3.64. The lowest BCUT2D eigenvalue weighted by Gasteiger charge is -2.45. The molecule has 3 rings (SSSR count). The van der Waals surface area contributed by atoms with Crippen LogP contribution < -0.4 is 0 Å². The minimum atomic E-state index is -0.00901. The molecule has 0 N–H and O–H groups in total. The van der Waals surface area contributed by atoms with Gasteiger partial charge in [-0.25, -0.2) is 4.98 Å². The monoisotopic (exact) mass is 333 g/mol. The lowest BCUT2D eigenvalue weighted by Crippen LogP contribution is -2.58. The molecule has 1 atom stereocenters. The summed E-state index contributed by atoms with van der Waals surface area (Å²) in [5.74, 6) is 0.401. The Kier molecular flexibility index (Phi) is 4.62. The van der Waals surface area contributed by atoms with E-state index < -0.39 is 0 Å². The van der Waals surface area contributed by atoms with Gasteiger partial charge in [0.1, 0.15) is 5.69 Å². The van der Waals surface area contributed by atoms with Crippen LogP contribution in [0.2, 0.25) is 0 Å². The zero-order valence-electron chi connectivity index (χ0n) is 15.0. The fourth-order valence-corrected chi connectivity index (χ4v) is 3.64. The maximum Gasteiger partial charge on any atom is 0.272 e. The van der Waals surface area contributed by atoms with Crippen LogP contribution >= 0.6 is 0 Å². The van der Waals surface area contributed by atoms with Gasteiger partial charge >= 0.3 is 0 Å². The molecule has 2 amide bonds. The average molecular weight is 333 g/mol. The number of nitrogens with zero attached hydrogens (tertiary/aromatic N) is 5. The van der Waals surface area contributed by atoms with E-state index in [1.165, 1.54) is 0 Å². The number of carbonyl (C=O) groups is 2. The Bertz CT molecular complexity index is 620. The molecule has 1 aromatic rings. The van der Waals surface area contributed by atoms with Crippen molar-refractivity contribution in [3.8, 4) is 0 Å². The Balaban J connectivity index is 1.57. The molecule has 1 saturated heterocycles. The number of aryl methyl sites for hydroxylation is 1. The third kappa shape index (κ3) is 3.05. The Morgan fingerprint density at radius 3 is 2.50 bits per heavy atom. The van der Waals surface area contributed by atoms with E-state index in [4.69, 9.17) is 0 Å². The predicted octanol–water partition coefficient (Wildman–Crippen LogP) is 0.433. The molecule has 132 valence electrons. The predicted molar refractivity (Wildman–Crippen MR) is 90.5 cm³/mol. The maximum atomic E-state index is 12.7. The summed E-state index contributed by atoms with van der Waals surface area (Å²) in [5, 5.41) is 0. The Morgan fingerprint density at radius 2 is 1.96 bits per heavy atom. The smallest absolute Gasteiger partial charge is 0.272 e. The molecule has 2 heterocycles. The van der Waals surface area contributed by atoms with Gasteiger partial charge in [0.15, 0.2) is 0 Å². The van der Waals surface area contributed by atoms with Crippen molar-refractivity contribution in [3.05, 3.63) is 18.2 Å². The second-order valence-electron chi connectivity index (χ2n) is 7.31. The molecule has 1 aliphatic heterocycles. The molecule has 1 aromatic heterocycles. The molecule has 0 spiro atoms. The van der Waals surface area contributed by atoms with E-state index in [1.54, 1.807) is 17.1 Å². The zero-order chi connectivity index (χ0) is 17.4. The number of aromatic nitrogens is 2. The lowest BCUT2D eigenvalue weighted by molar-refractivity contribution is -0.144. The lowest BCUT2D eigenvalue weighted by atomic mass is 9.78. The van der Waals surface area contributed by atoms with Crippen molar-refractivity contribution in [2.75, 3.05) is 33.7 Å². The van der Waals surface area contributed by atoms with Crippen LogP contribution in [0, 0.1) is 5.92 Å². The summed E-state index contributed by atoms with van der Waals surface area (Å²) in [5.41, 5.74) is 0.592. The van der Waals surface area contributed by atoms with E-state index >= 15 is 0 Å². The minimum Gasteiger partial charge on any atom is -0.336 e. The first-order valence-corrected chi connectivity index (χ1v) is 8.61. The van der Waals surface area contributed by atoms with Gasteiger partial charge in [-0.05, 0) is 33.9 Å². The van der Waals surface area contributed by atoms with Crippen LogP contribution in [0.4, 0.5) is 0 Å². The topological polar surface area (TPSA) is 61.7 Å². The van der Waals surface area contributed by atoms with E-state index in [2.05, 4.69) is 24.0 Å². The van der Waals surface area contributed by atoms with Crippen LogP contribution in [0.15, 0.2) is 12.5 Å². The van der Waals surface area contributed by atoms with Gasteiger partial charge in [0.25, 0.3) is 5.91 Å². The molecule has 7 heteroatoms. The largest absolute Gasteiger partial charge is 0.336 e. The molecule has 0 bridgehead atoms. The van der Waals surface area contributed by atoms with E-state index in [0.29, 0.717) is 31.4 Å². The Hall–Kier alpha value is -1.89. The number of rotatable bonds is 3. The number of piperazine rings is 1. The molecule has 1 aliphatic carbocycles. The number of imidazole rings is 1. The molecule has 2 aliphatic rings. The maximum absolute atomic E-state index is 12.7. The third-order valence-corrected chi connectivity index (χ3v) is 5.43. The molecular formula is C17H27N5O2. The molecule has 24 heavy (non-hydrogen) atoms. The van der Waals surface area contributed by atoms with Gasteiger partial charge in [0.05, 0.1) is 12.5 Å². The summed E-state index contributed by atoms with van der Waals surface area (Å²) in [6.07, 6.45) is 5.13. The normalized spacial score (nSPS) is 27.3. The Morgan fingerprint density at radius 1 is 1.25 bits per heavy atom. The highest BCUT2D eigenvalue weighted by molar-refractivity contribution is 5.92. The van der Waals surface area contributed by atoms with Crippen molar-refractivity contribution in [2.45, 2.75) is 31.8 Å². The van der Waals surface area contributed by atoms with Crippen LogP contribution in [0.3, 0.4) is 0 Å². The van der Waals surface area contributed by atoms with Crippen molar-refractivity contribution in [1.82, 2.24) is 24.3 Å². The van der Waals surface area contributed by atoms with E-state index in [-0.39, 0.29) is 23.8 Å². The third-order valence-electron chi connectivity index (χ3n) is 5.43. The summed E-state index contributed by atoms with van der Waals surface area (Å²) in [6.45, 7) is 3.82. The zero-order valence-corrected chi connectivity index (χ0v) is 15.0. The van der Waals surface area contributed by atoms with Crippen molar-refractivity contribution in [3.63, 3.8) is 0 Å². The molecule has 1 saturated carbocycles. The molecular weight excluding hydrogens is 306 g/mol. The highest BCUT2D eigenvalue weighted by atomic mass is 16.2. The van der Waals surface area contributed by atoms with Crippen LogP contribution in [0.5, 0.6) is 0 Å². The number of hydrogen-bond acceptors (Lipinski definition) is 4. The number of amides is 2. The summed E-state index contributed by atoms with van der Waals surface area (Å²) in [4.78, 5) is 35.3. The summed E-state index contributed by atoms with van der Waals surface area (Å²) in [6, 6.07) is 0.587. The second kappa shape index (κ2) is 6.55. The summed E-state index contributed by atoms with van der Waals surface area (Å²) >= 11 is 0. The van der Waals surface area contributed by atoms with Crippen LogP contribution in [0.1, 0.15) is 30.3 Å². The van der Waals surface area contributed by atoms with Gasteiger partial charge in [-0.3, -0.25) is 9.59 Å². The second-order valence-corrected chi connectivity index (χ2v) is 7.31. The molecule has 2 fully saturated rings. The highest BCUT2D eigenvalue weighted by Gasteiger charge is 2.40. The minimum absolute atomic E-state index is 0.00901. The quantitative estimate of drug-likeness (QED) is 0.805. The van der Waals surface area contributed by atoms with Crippen molar-refractivity contribution in [2.24, 2.45) is 13.0 Å². The van der Waals surface area contributed by atoms with Crippen LogP contribution in [-0.2, 0) is 11.8 Å². The first-order chi connectivity index (χ1) is 11.4. The van der Waals surface area contributed by atoms with Gasteiger partial charge < -0.3 is 19.3 Å². The molecule has 7 nitrogen and oxygen atoms in total. The average Bonchev–Trinajstić information content (AvgIpc) is 2.90. The van der Waals surface area contributed by atoms with Gasteiger partial charge in [0.2, 0.25) is 5.91 Å². The van der Waals surface area contributed by atoms with Crippen LogP contribution in [0.25, 0.3) is 0 Å². The van der Waals surface area contributed by atoms with Gasteiger partial charge in [-0.2, -0.15) is 0 Å². The summed E-state index contributed by atoms with van der Waals surface area (Å²) < 4.78 is 1.74. The van der Waals surface area contributed by atoms with Crippen molar-refractivity contribution in [1.29, 1.82) is 0 Å². The number of carbonyl (C=O) groups excluding carboxylic acids is 2. The first-order valence-electron chi connectivity index (χ1n) is 8.61. The summed E-state index contributed by atoms with van der Waals surface area (Å²) in [7, 11) is 5.95. The SMILES string of the molecule is C[C@@H]1CN(C(=O)c2cncn2C)CCN1C(=O)C1CC(N(C)C)C1. The van der Waals surface area contributed by atoms with Gasteiger partial charge in [0, 0.05) is 44.7 Å². The fraction of sp³-hybridized carbons (Fsp3) is 0.706. The Labute approximate surface area is 143 Å².